The van der Waals surface area contributed by atoms with Crippen molar-refractivity contribution in [2.45, 2.75) is 46.5 Å². The van der Waals surface area contributed by atoms with Crippen LogP contribution in [-0.2, 0) is 5.41 Å². The molecule has 0 atom stereocenters. The van der Waals surface area contributed by atoms with Crippen molar-refractivity contribution in [1.29, 1.82) is 0 Å². The van der Waals surface area contributed by atoms with Crippen LogP contribution in [0.5, 0.6) is 0 Å². The fraction of sp³-hybridized carbons (Fsp3) is 0.273. The van der Waals surface area contributed by atoms with Crippen molar-refractivity contribution in [3.8, 4) is 11.4 Å². The van der Waals surface area contributed by atoms with E-state index in [0.29, 0.717) is 5.56 Å². The van der Waals surface area contributed by atoms with Gasteiger partial charge in [0.1, 0.15) is 5.82 Å². The quantitative estimate of drug-likeness (QED) is 0.235. The molecule has 0 unspecified atom stereocenters. The van der Waals surface area contributed by atoms with Crippen LogP contribution in [0.2, 0.25) is 0 Å². The summed E-state index contributed by atoms with van der Waals surface area (Å²) in [6, 6.07) is 26.6. The fourth-order valence-corrected chi connectivity index (χ4v) is 5.00. The Balaban J connectivity index is 1.56. The van der Waals surface area contributed by atoms with E-state index in [2.05, 4.69) is 98.4 Å². The lowest BCUT2D eigenvalue weighted by molar-refractivity contribution is 0.102. The fourth-order valence-electron chi connectivity index (χ4n) is 5.00. The lowest BCUT2D eigenvalue weighted by atomic mass is 9.87. The number of aromatic nitrogens is 2. The number of rotatable bonds is 7. The first kappa shape index (κ1) is 25.5. The number of hydrogen-bond donors (Lipinski definition) is 2. The summed E-state index contributed by atoms with van der Waals surface area (Å²) in [6.07, 6.45) is 1.01. The third-order valence-electron chi connectivity index (χ3n) is 7.12. The van der Waals surface area contributed by atoms with E-state index in [-0.39, 0.29) is 11.3 Å². The average molecular weight is 505 g/mol. The standard InChI is InChI=1S/C33H36N4O/c1-6-19-37(7-2)30-21-28-27(34-31(35-28)26-14-10-12-22-11-8-9-13-25(22)26)20-29(30)36-32(38)23-15-17-24(18-16-23)33(3,4)5/h8-18,20-21H,6-7,19H2,1-5H3,(H,34,35)(H,36,38). The van der Waals surface area contributed by atoms with Crippen LogP contribution in [0.15, 0.2) is 78.9 Å². The van der Waals surface area contributed by atoms with E-state index in [1.54, 1.807) is 0 Å². The number of H-pyrrole nitrogens is 1. The molecule has 194 valence electrons. The second-order valence-corrected chi connectivity index (χ2v) is 10.9. The molecule has 0 spiro atoms. The van der Waals surface area contributed by atoms with Crippen LogP contribution in [0, 0.1) is 0 Å². The Kier molecular flexibility index (Phi) is 6.94. The Morgan fingerprint density at radius 2 is 1.68 bits per heavy atom. The minimum atomic E-state index is -0.118. The maximum Gasteiger partial charge on any atom is 0.255 e. The highest BCUT2D eigenvalue weighted by Crippen LogP contribution is 2.34. The molecule has 5 heteroatoms. The first-order valence-electron chi connectivity index (χ1n) is 13.5. The summed E-state index contributed by atoms with van der Waals surface area (Å²) in [7, 11) is 0. The average Bonchev–Trinajstić information content (AvgIpc) is 3.33. The summed E-state index contributed by atoms with van der Waals surface area (Å²) in [5.41, 5.74) is 6.48. The number of nitrogens with one attached hydrogen (secondary N) is 2. The van der Waals surface area contributed by atoms with Crippen molar-refractivity contribution in [3.63, 3.8) is 0 Å². The smallest absolute Gasteiger partial charge is 0.255 e. The molecule has 0 radical (unpaired) electrons. The Hall–Kier alpha value is -4.12. The van der Waals surface area contributed by atoms with Gasteiger partial charge in [0.2, 0.25) is 0 Å². The molecule has 5 rings (SSSR count). The number of benzene rings is 4. The van der Waals surface area contributed by atoms with Crippen LogP contribution in [0.1, 0.15) is 57.0 Å². The number of fused-ring (bicyclic) bond motifs is 2. The Morgan fingerprint density at radius 1 is 0.947 bits per heavy atom. The van der Waals surface area contributed by atoms with Crippen LogP contribution in [0.3, 0.4) is 0 Å². The van der Waals surface area contributed by atoms with E-state index in [1.807, 2.05) is 30.3 Å². The maximum absolute atomic E-state index is 13.3. The van der Waals surface area contributed by atoms with Gasteiger partial charge in [0.15, 0.2) is 0 Å². The predicted molar refractivity (Wildman–Crippen MR) is 160 cm³/mol. The highest BCUT2D eigenvalue weighted by atomic mass is 16.1. The van der Waals surface area contributed by atoms with Crippen LogP contribution >= 0.6 is 0 Å². The zero-order valence-corrected chi connectivity index (χ0v) is 22.9. The van der Waals surface area contributed by atoms with Gasteiger partial charge in [-0.05, 0) is 59.4 Å². The third-order valence-corrected chi connectivity index (χ3v) is 7.12. The van der Waals surface area contributed by atoms with Gasteiger partial charge in [-0.2, -0.15) is 0 Å². The van der Waals surface area contributed by atoms with Gasteiger partial charge in [0.05, 0.1) is 22.4 Å². The number of amides is 1. The summed E-state index contributed by atoms with van der Waals surface area (Å²) < 4.78 is 0. The van der Waals surface area contributed by atoms with Gasteiger partial charge in [-0.3, -0.25) is 4.79 Å². The van der Waals surface area contributed by atoms with Gasteiger partial charge in [-0.1, -0.05) is 82.3 Å². The zero-order chi connectivity index (χ0) is 26.9. The molecule has 0 aliphatic carbocycles. The highest BCUT2D eigenvalue weighted by Gasteiger charge is 2.19. The van der Waals surface area contributed by atoms with E-state index < -0.39 is 0 Å². The number of carbonyl (C=O) groups excluding carboxylic acids is 1. The lowest BCUT2D eigenvalue weighted by Crippen LogP contribution is -2.25. The predicted octanol–water partition coefficient (Wildman–Crippen LogP) is 8.17. The molecule has 1 aromatic heterocycles. The summed E-state index contributed by atoms with van der Waals surface area (Å²) >= 11 is 0. The number of carbonyl (C=O) groups is 1. The molecule has 5 nitrogen and oxygen atoms in total. The van der Waals surface area contributed by atoms with Crippen molar-refractivity contribution < 1.29 is 4.79 Å². The Labute approximate surface area is 224 Å². The highest BCUT2D eigenvalue weighted by molar-refractivity contribution is 6.07. The normalized spacial score (nSPS) is 11.7. The zero-order valence-electron chi connectivity index (χ0n) is 22.9. The SMILES string of the molecule is CCCN(CC)c1cc2nc(-c3cccc4ccccc34)[nH]c2cc1NC(=O)c1ccc(C(C)(C)C)cc1. The Morgan fingerprint density at radius 3 is 2.39 bits per heavy atom. The molecule has 0 bridgehead atoms. The maximum atomic E-state index is 13.3. The summed E-state index contributed by atoms with van der Waals surface area (Å²) in [5.74, 6) is 0.704. The van der Waals surface area contributed by atoms with Crippen LogP contribution in [-0.4, -0.2) is 29.0 Å². The van der Waals surface area contributed by atoms with E-state index >= 15 is 0 Å². The molecule has 38 heavy (non-hydrogen) atoms. The van der Waals surface area contributed by atoms with Crippen molar-refractivity contribution in [2.75, 3.05) is 23.3 Å². The minimum Gasteiger partial charge on any atom is -0.370 e. The van der Waals surface area contributed by atoms with Gasteiger partial charge in [0.25, 0.3) is 5.91 Å². The van der Waals surface area contributed by atoms with Gasteiger partial charge < -0.3 is 15.2 Å². The van der Waals surface area contributed by atoms with E-state index in [4.69, 9.17) is 4.98 Å². The molecule has 0 saturated carbocycles. The van der Waals surface area contributed by atoms with Gasteiger partial charge in [0, 0.05) is 24.2 Å². The third kappa shape index (κ3) is 5.01. The Bertz CT molecular complexity index is 1590. The van der Waals surface area contributed by atoms with Crippen molar-refractivity contribution in [3.05, 3.63) is 90.0 Å². The molecule has 1 heterocycles. The second kappa shape index (κ2) is 10.3. The van der Waals surface area contributed by atoms with Gasteiger partial charge in [-0.15, -0.1) is 0 Å². The first-order chi connectivity index (χ1) is 18.3. The number of anilines is 2. The minimum absolute atomic E-state index is 0.0391. The van der Waals surface area contributed by atoms with Crippen molar-refractivity contribution >= 4 is 39.1 Å². The van der Waals surface area contributed by atoms with Crippen molar-refractivity contribution in [2.24, 2.45) is 0 Å². The molecule has 1 amide bonds. The lowest BCUT2D eigenvalue weighted by Gasteiger charge is -2.25. The largest absolute Gasteiger partial charge is 0.370 e. The molecule has 0 saturated heterocycles. The molecule has 2 N–H and O–H groups in total. The summed E-state index contributed by atoms with van der Waals surface area (Å²) in [5, 5.41) is 5.53. The number of imidazole rings is 1. The van der Waals surface area contributed by atoms with Gasteiger partial charge in [-0.25, -0.2) is 4.98 Å². The van der Waals surface area contributed by atoms with Crippen molar-refractivity contribution in [1.82, 2.24) is 9.97 Å². The number of hydrogen-bond acceptors (Lipinski definition) is 3. The van der Waals surface area contributed by atoms with Gasteiger partial charge >= 0.3 is 0 Å². The van der Waals surface area contributed by atoms with E-state index in [0.717, 1.165) is 58.7 Å². The molecular formula is C33H36N4O. The molecular weight excluding hydrogens is 468 g/mol. The molecule has 0 aliphatic heterocycles. The topological polar surface area (TPSA) is 61.0 Å². The molecule has 4 aromatic carbocycles. The van der Waals surface area contributed by atoms with E-state index in [9.17, 15) is 4.79 Å². The van der Waals surface area contributed by atoms with E-state index in [1.165, 1.54) is 10.9 Å². The summed E-state index contributed by atoms with van der Waals surface area (Å²) in [6.45, 7) is 12.6. The summed E-state index contributed by atoms with van der Waals surface area (Å²) in [4.78, 5) is 24.1. The van der Waals surface area contributed by atoms with Crippen LogP contribution < -0.4 is 10.2 Å². The number of aromatic amines is 1. The van der Waals surface area contributed by atoms with Crippen LogP contribution in [0.25, 0.3) is 33.2 Å². The molecule has 5 aromatic rings. The number of nitrogens with zero attached hydrogens (tertiary/aromatic N) is 2. The monoisotopic (exact) mass is 504 g/mol. The first-order valence-corrected chi connectivity index (χ1v) is 13.5. The molecule has 0 fully saturated rings. The molecule has 0 aliphatic rings. The van der Waals surface area contributed by atoms with Crippen LogP contribution in [0.4, 0.5) is 11.4 Å². The second-order valence-electron chi connectivity index (χ2n) is 10.9.